The highest BCUT2D eigenvalue weighted by atomic mass is 19.1. The molecule has 1 atom stereocenters. The van der Waals surface area contributed by atoms with Crippen molar-refractivity contribution in [3.8, 4) is 0 Å². The van der Waals surface area contributed by atoms with E-state index in [1.165, 1.54) is 29.0 Å². The maximum absolute atomic E-state index is 12.9. The zero-order valence-electron chi connectivity index (χ0n) is 11.2. The van der Waals surface area contributed by atoms with Gasteiger partial charge < -0.3 is 0 Å². The van der Waals surface area contributed by atoms with Crippen LogP contribution in [-0.2, 0) is 6.42 Å². The van der Waals surface area contributed by atoms with Crippen LogP contribution < -0.4 is 11.3 Å². The highest BCUT2D eigenvalue weighted by molar-refractivity contribution is 5.31. The first-order valence-corrected chi connectivity index (χ1v) is 6.24. The summed E-state index contributed by atoms with van der Waals surface area (Å²) in [5.41, 5.74) is 7.17. The molecule has 0 radical (unpaired) electrons. The van der Waals surface area contributed by atoms with Gasteiger partial charge in [0.05, 0.1) is 17.9 Å². The van der Waals surface area contributed by atoms with Crippen LogP contribution in [0.15, 0.2) is 36.5 Å². The molecule has 1 aromatic heterocycles. The third-order valence-corrected chi connectivity index (χ3v) is 3.32. The van der Waals surface area contributed by atoms with Crippen LogP contribution in [0, 0.1) is 19.7 Å². The first-order chi connectivity index (χ1) is 9.10. The Balaban J connectivity index is 2.18. The topological polar surface area (TPSA) is 50.9 Å². The van der Waals surface area contributed by atoms with Crippen LogP contribution in [0.2, 0.25) is 0 Å². The molecule has 2 aromatic rings. The van der Waals surface area contributed by atoms with E-state index in [0.717, 1.165) is 12.1 Å². The number of hydrazine groups is 1. The SMILES string of the molecule is Cc1ccc(CC(NN)c2ccc(F)cn2)cc1C. The molecular weight excluding hydrogens is 241 g/mol. The molecule has 1 aromatic carbocycles. The lowest BCUT2D eigenvalue weighted by molar-refractivity contribution is 0.533. The highest BCUT2D eigenvalue weighted by Gasteiger charge is 2.12. The Bertz CT molecular complexity index is 552. The molecule has 19 heavy (non-hydrogen) atoms. The molecule has 0 aliphatic heterocycles. The Morgan fingerprint density at radius 3 is 2.58 bits per heavy atom. The molecule has 0 saturated heterocycles. The number of halogens is 1. The second-order valence-electron chi connectivity index (χ2n) is 4.74. The van der Waals surface area contributed by atoms with E-state index in [-0.39, 0.29) is 11.9 Å². The summed E-state index contributed by atoms with van der Waals surface area (Å²) in [6.07, 6.45) is 1.93. The third-order valence-electron chi connectivity index (χ3n) is 3.32. The minimum absolute atomic E-state index is 0.122. The van der Waals surface area contributed by atoms with Crippen molar-refractivity contribution in [1.82, 2.24) is 10.4 Å². The molecule has 0 aliphatic rings. The Labute approximate surface area is 112 Å². The lowest BCUT2D eigenvalue weighted by Crippen LogP contribution is -2.30. The molecule has 0 aliphatic carbocycles. The molecule has 4 heteroatoms. The Morgan fingerprint density at radius 2 is 2.00 bits per heavy atom. The van der Waals surface area contributed by atoms with Crippen molar-refractivity contribution in [3.63, 3.8) is 0 Å². The van der Waals surface area contributed by atoms with Gasteiger partial charge in [0.1, 0.15) is 5.82 Å². The van der Waals surface area contributed by atoms with Gasteiger partial charge in [0.2, 0.25) is 0 Å². The molecule has 0 amide bonds. The minimum atomic E-state index is -0.342. The van der Waals surface area contributed by atoms with Crippen LogP contribution in [0.5, 0.6) is 0 Å². The van der Waals surface area contributed by atoms with Gasteiger partial charge >= 0.3 is 0 Å². The Morgan fingerprint density at radius 1 is 1.21 bits per heavy atom. The van der Waals surface area contributed by atoms with Gasteiger partial charge in [-0.1, -0.05) is 18.2 Å². The number of benzene rings is 1. The molecule has 2 rings (SSSR count). The molecule has 1 unspecified atom stereocenters. The fourth-order valence-corrected chi connectivity index (χ4v) is 2.01. The van der Waals surface area contributed by atoms with Crippen molar-refractivity contribution in [2.24, 2.45) is 5.84 Å². The Hall–Kier alpha value is -1.78. The summed E-state index contributed by atoms with van der Waals surface area (Å²) in [5.74, 6) is 5.23. The number of aryl methyl sites for hydroxylation is 2. The first kappa shape index (κ1) is 13.6. The summed E-state index contributed by atoms with van der Waals surface area (Å²) >= 11 is 0. The Kier molecular flexibility index (Phi) is 4.24. The number of hydrogen-bond donors (Lipinski definition) is 2. The predicted octanol–water partition coefficient (Wildman–Crippen LogP) is 2.58. The van der Waals surface area contributed by atoms with Gasteiger partial charge in [0.15, 0.2) is 0 Å². The van der Waals surface area contributed by atoms with E-state index in [1.807, 2.05) is 0 Å². The zero-order valence-corrected chi connectivity index (χ0v) is 11.2. The van der Waals surface area contributed by atoms with Gasteiger partial charge in [-0.3, -0.25) is 16.3 Å². The molecule has 0 spiro atoms. The summed E-state index contributed by atoms with van der Waals surface area (Å²) in [4.78, 5) is 4.07. The van der Waals surface area contributed by atoms with E-state index in [1.54, 1.807) is 6.07 Å². The van der Waals surface area contributed by atoms with Gasteiger partial charge in [-0.15, -0.1) is 0 Å². The van der Waals surface area contributed by atoms with Crippen molar-refractivity contribution in [2.75, 3.05) is 0 Å². The van der Waals surface area contributed by atoms with Crippen LogP contribution in [0.4, 0.5) is 4.39 Å². The average molecular weight is 259 g/mol. The predicted molar refractivity (Wildman–Crippen MR) is 73.9 cm³/mol. The van der Waals surface area contributed by atoms with E-state index < -0.39 is 0 Å². The summed E-state index contributed by atoms with van der Waals surface area (Å²) < 4.78 is 12.9. The van der Waals surface area contributed by atoms with Gasteiger partial charge in [0.25, 0.3) is 0 Å². The molecular formula is C15H18FN3. The number of nitrogens with zero attached hydrogens (tertiary/aromatic N) is 1. The molecule has 0 fully saturated rings. The highest BCUT2D eigenvalue weighted by Crippen LogP contribution is 2.18. The normalized spacial score (nSPS) is 12.4. The lowest BCUT2D eigenvalue weighted by atomic mass is 9.99. The molecule has 0 saturated carbocycles. The number of aromatic nitrogens is 1. The van der Waals surface area contributed by atoms with Crippen molar-refractivity contribution >= 4 is 0 Å². The number of hydrogen-bond acceptors (Lipinski definition) is 3. The summed E-state index contributed by atoms with van der Waals surface area (Å²) in [6, 6.07) is 9.24. The van der Waals surface area contributed by atoms with Gasteiger partial charge in [-0.05, 0) is 49.1 Å². The smallest absolute Gasteiger partial charge is 0.141 e. The second-order valence-corrected chi connectivity index (χ2v) is 4.74. The maximum Gasteiger partial charge on any atom is 0.141 e. The summed E-state index contributed by atoms with van der Waals surface area (Å²) in [5, 5.41) is 0. The third kappa shape index (κ3) is 3.36. The van der Waals surface area contributed by atoms with Crippen molar-refractivity contribution in [3.05, 3.63) is 64.7 Å². The molecule has 100 valence electrons. The summed E-state index contributed by atoms with van der Waals surface area (Å²) in [7, 11) is 0. The van der Waals surface area contributed by atoms with Gasteiger partial charge in [0, 0.05) is 0 Å². The monoisotopic (exact) mass is 259 g/mol. The maximum atomic E-state index is 12.9. The molecule has 3 N–H and O–H groups in total. The molecule has 3 nitrogen and oxygen atoms in total. The minimum Gasteiger partial charge on any atom is -0.271 e. The zero-order chi connectivity index (χ0) is 13.8. The average Bonchev–Trinajstić information content (AvgIpc) is 2.41. The van der Waals surface area contributed by atoms with Gasteiger partial charge in [-0.2, -0.15) is 0 Å². The number of nitrogens with one attached hydrogen (secondary N) is 1. The van der Waals surface area contributed by atoms with Crippen molar-refractivity contribution in [1.29, 1.82) is 0 Å². The van der Waals surface area contributed by atoms with E-state index in [2.05, 4.69) is 42.5 Å². The number of pyridine rings is 1. The largest absolute Gasteiger partial charge is 0.271 e. The number of nitrogens with two attached hydrogens (primary N) is 1. The van der Waals surface area contributed by atoms with E-state index in [4.69, 9.17) is 5.84 Å². The van der Waals surface area contributed by atoms with Crippen LogP contribution in [0.1, 0.15) is 28.4 Å². The quantitative estimate of drug-likeness (QED) is 0.655. The van der Waals surface area contributed by atoms with Crippen molar-refractivity contribution < 1.29 is 4.39 Å². The van der Waals surface area contributed by atoms with E-state index in [9.17, 15) is 4.39 Å². The van der Waals surface area contributed by atoms with Crippen LogP contribution >= 0.6 is 0 Å². The fraction of sp³-hybridized carbons (Fsp3) is 0.267. The van der Waals surface area contributed by atoms with Crippen molar-refractivity contribution in [2.45, 2.75) is 26.3 Å². The van der Waals surface area contributed by atoms with Crippen LogP contribution in [0.3, 0.4) is 0 Å². The second kappa shape index (κ2) is 5.91. The standard InChI is InChI=1S/C15H18FN3/c1-10-3-4-12(7-11(10)2)8-15(19-17)14-6-5-13(16)9-18-14/h3-7,9,15,19H,8,17H2,1-2H3. The summed E-state index contributed by atoms with van der Waals surface area (Å²) in [6.45, 7) is 4.17. The first-order valence-electron chi connectivity index (χ1n) is 6.24. The van der Waals surface area contributed by atoms with Gasteiger partial charge in [-0.25, -0.2) is 4.39 Å². The van der Waals surface area contributed by atoms with Crippen LogP contribution in [-0.4, -0.2) is 4.98 Å². The number of rotatable bonds is 4. The van der Waals surface area contributed by atoms with E-state index >= 15 is 0 Å². The molecule has 0 bridgehead atoms. The van der Waals surface area contributed by atoms with Crippen LogP contribution in [0.25, 0.3) is 0 Å². The van der Waals surface area contributed by atoms with E-state index in [0.29, 0.717) is 0 Å². The lowest BCUT2D eigenvalue weighted by Gasteiger charge is -2.16. The molecule has 1 heterocycles. The fourth-order valence-electron chi connectivity index (χ4n) is 2.01.